The molecule has 1 aromatic carbocycles. The quantitative estimate of drug-likeness (QED) is 0.459. The van der Waals surface area contributed by atoms with Crippen LogP contribution in [0, 0.1) is 18.7 Å². The maximum absolute atomic E-state index is 13.8. The molecule has 1 amide bonds. The Balaban J connectivity index is 1.62. The molecular weight excluding hydrogens is 405 g/mol. The molecule has 1 N–H and O–H groups in total. The maximum atomic E-state index is 13.8. The van der Waals surface area contributed by atoms with E-state index in [4.69, 9.17) is 4.42 Å². The second-order valence-corrected chi connectivity index (χ2v) is 8.91. The van der Waals surface area contributed by atoms with Crippen molar-refractivity contribution in [3.05, 3.63) is 59.4 Å². The number of carbonyl (C=O) groups is 1. The molecule has 1 atom stereocenters. The van der Waals surface area contributed by atoms with Crippen LogP contribution >= 0.6 is 0 Å². The summed E-state index contributed by atoms with van der Waals surface area (Å²) < 4.78 is 20.1. The summed E-state index contributed by atoms with van der Waals surface area (Å²) in [4.78, 5) is 18.6. The first-order valence-corrected chi connectivity index (χ1v) is 11.6. The van der Waals surface area contributed by atoms with Gasteiger partial charge in [0.2, 0.25) is 0 Å². The molecule has 1 aliphatic rings. The molecule has 1 aliphatic carbocycles. The van der Waals surface area contributed by atoms with Gasteiger partial charge in [-0.25, -0.2) is 9.37 Å². The summed E-state index contributed by atoms with van der Waals surface area (Å²) in [7, 11) is 1.80. The van der Waals surface area contributed by atoms with Crippen molar-refractivity contribution in [1.29, 1.82) is 0 Å². The van der Waals surface area contributed by atoms with Crippen molar-refractivity contribution in [3.63, 3.8) is 0 Å². The molecule has 170 valence electrons. The first kappa shape index (κ1) is 22.3. The first-order valence-electron chi connectivity index (χ1n) is 11.6. The Morgan fingerprint density at radius 2 is 2.03 bits per heavy atom. The van der Waals surface area contributed by atoms with E-state index >= 15 is 0 Å². The van der Waals surface area contributed by atoms with E-state index in [1.807, 2.05) is 19.9 Å². The predicted molar refractivity (Wildman–Crippen MR) is 125 cm³/mol. The van der Waals surface area contributed by atoms with Gasteiger partial charge in [-0.1, -0.05) is 26.2 Å². The molecule has 5 nitrogen and oxygen atoms in total. The number of nitrogens with zero attached hydrogens (tertiary/aromatic N) is 2. The van der Waals surface area contributed by atoms with E-state index in [2.05, 4.69) is 10.3 Å². The summed E-state index contributed by atoms with van der Waals surface area (Å²) in [5, 5.41) is 4.45. The predicted octanol–water partition coefficient (Wildman–Crippen LogP) is 6.49. The fourth-order valence-electron chi connectivity index (χ4n) is 4.79. The van der Waals surface area contributed by atoms with Gasteiger partial charge < -0.3 is 14.6 Å². The number of benzene rings is 1. The lowest BCUT2D eigenvalue weighted by Gasteiger charge is -2.31. The summed E-state index contributed by atoms with van der Waals surface area (Å²) >= 11 is 0. The number of aryl methyl sites for hydroxylation is 1. The van der Waals surface area contributed by atoms with Crippen molar-refractivity contribution in [1.82, 2.24) is 9.88 Å². The zero-order valence-electron chi connectivity index (χ0n) is 19.2. The van der Waals surface area contributed by atoms with E-state index in [0.29, 0.717) is 23.7 Å². The van der Waals surface area contributed by atoms with E-state index in [9.17, 15) is 9.18 Å². The minimum atomic E-state index is -0.257. The molecule has 32 heavy (non-hydrogen) atoms. The Labute approximate surface area is 189 Å². The number of furan rings is 1. The third kappa shape index (κ3) is 4.64. The topological polar surface area (TPSA) is 58.4 Å². The number of hydrogen-bond donors (Lipinski definition) is 1. The molecule has 2 heterocycles. The van der Waals surface area contributed by atoms with Crippen molar-refractivity contribution >= 4 is 22.6 Å². The van der Waals surface area contributed by atoms with Gasteiger partial charge in [-0.05, 0) is 62.4 Å². The summed E-state index contributed by atoms with van der Waals surface area (Å²) in [6.45, 7) is 4.75. The van der Waals surface area contributed by atoms with Crippen molar-refractivity contribution in [2.45, 2.75) is 58.4 Å². The van der Waals surface area contributed by atoms with Gasteiger partial charge >= 0.3 is 0 Å². The fourth-order valence-corrected chi connectivity index (χ4v) is 4.79. The second-order valence-electron chi connectivity index (χ2n) is 8.91. The number of hydrogen-bond acceptors (Lipinski definition) is 4. The Kier molecular flexibility index (Phi) is 6.77. The normalized spacial score (nSPS) is 15.6. The van der Waals surface area contributed by atoms with Crippen LogP contribution in [0.2, 0.25) is 0 Å². The molecule has 3 aromatic rings. The number of halogens is 1. The van der Waals surface area contributed by atoms with Crippen LogP contribution in [0.15, 0.2) is 40.9 Å². The Bertz CT molecular complexity index is 1070. The SMILES string of the molecule is CCCN(C)C(=O)c1ccc(NC(c2oc3ccc(F)cc3c2C)C2CCCCC2)cn1. The molecule has 6 heteroatoms. The smallest absolute Gasteiger partial charge is 0.272 e. The van der Waals surface area contributed by atoms with Gasteiger partial charge in [0.05, 0.1) is 17.9 Å². The van der Waals surface area contributed by atoms with Crippen molar-refractivity contribution in [2.24, 2.45) is 5.92 Å². The molecular formula is C26H32FN3O2. The van der Waals surface area contributed by atoms with Crippen LogP contribution in [0.1, 0.15) is 73.3 Å². The molecule has 2 aromatic heterocycles. The molecule has 4 rings (SSSR count). The average Bonchev–Trinajstić information content (AvgIpc) is 3.13. The molecule has 1 unspecified atom stereocenters. The molecule has 1 saturated carbocycles. The Morgan fingerprint density at radius 3 is 2.72 bits per heavy atom. The van der Waals surface area contributed by atoms with Gasteiger partial charge in [0.15, 0.2) is 0 Å². The molecule has 0 aliphatic heterocycles. The highest BCUT2D eigenvalue weighted by Crippen LogP contribution is 2.40. The van der Waals surface area contributed by atoms with Gasteiger partial charge in [-0.2, -0.15) is 0 Å². The highest BCUT2D eigenvalue weighted by molar-refractivity contribution is 5.92. The molecule has 0 bridgehead atoms. The van der Waals surface area contributed by atoms with Gasteiger partial charge in [-0.3, -0.25) is 4.79 Å². The summed E-state index contributed by atoms with van der Waals surface area (Å²) in [5.74, 6) is 0.954. The van der Waals surface area contributed by atoms with Crippen molar-refractivity contribution in [2.75, 3.05) is 18.9 Å². The van der Waals surface area contributed by atoms with Gasteiger partial charge in [0, 0.05) is 24.5 Å². The minimum absolute atomic E-state index is 0.0307. The Morgan fingerprint density at radius 1 is 1.25 bits per heavy atom. The third-order valence-corrected chi connectivity index (χ3v) is 6.55. The molecule has 0 spiro atoms. The third-order valence-electron chi connectivity index (χ3n) is 6.55. The summed E-state index contributed by atoms with van der Waals surface area (Å²) in [5.41, 5.74) is 2.97. The van der Waals surface area contributed by atoms with Crippen LogP contribution in [-0.2, 0) is 0 Å². The van der Waals surface area contributed by atoms with Crippen LogP contribution in [0.25, 0.3) is 11.0 Å². The number of rotatable bonds is 7. The highest BCUT2D eigenvalue weighted by atomic mass is 19.1. The van der Waals surface area contributed by atoms with E-state index in [0.717, 1.165) is 41.7 Å². The highest BCUT2D eigenvalue weighted by Gasteiger charge is 2.30. The Hall–Kier alpha value is -2.89. The minimum Gasteiger partial charge on any atom is -0.459 e. The number of nitrogens with one attached hydrogen (secondary N) is 1. The van der Waals surface area contributed by atoms with Gasteiger partial charge in [0.25, 0.3) is 5.91 Å². The molecule has 0 saturated heterocycles. The number of aromatic nitrogens is 1. The lowest BCUT2D eigenvalue weighted by Crippen LogP contribution is -2.28. The first-order chi connectivity index (χ1) is 15.5. The number of amides is 1. The van der Waals surface area contributed by atoms with Crippen LogP contribution in [-0.4, -0.2) is 29.4 Å². The van der Waals surface area contributed by atoms with Crippen LogP contribution in [0.3, 0.4) is 0 Å². The zero-order valence-corrected chi connectivity index (χ0v) is 19.2. The van der Waals surface area contributed by atoms with E-state index < -0.39 is 0 Å². The summed E-state index contributed by atoms with van der Waals surface area (Å²) in [6.07, 6.45) is 8.53. The van der Waals surface area contributed by atoms with E-state index in [1.54, 1.807) is 36.3 Å². The van der Waals surface area contributed by atoms with E-state index in [1.165, 1.54) is 25.3 Å². The van der Waals surface area contributed by atoms with Crippen LogP contribution < -0.4 is 5.32 Å². The van der Waals surface area contributed by atoms with Crippen LogP contribution in [0.4, 0.5) is 10.1 Å². The number of anilines is 1. The van der Waals surface area contributed by atoms with Crippen LogP contribution in [0.5, 0.6) is 0 Å². The summed E-state index contributed by atoms with van der Waals surface area (Å²) in [6, 6.07) is 8.34. The van der Waals surface area contributed by atoms with Crippen molar-refractivity contribution < 1.29 is 13.6 Å². The number of pyridine rings is 1. The average molecular weight is 438 g/mol. The molecule has 0 radical (unpaired) electrons. The monoisotopic (exact) mass is 437 g/mol. The standard InChI is InChI=1S/C26H32FN3O2/c1-4-14-30(3)26(31)22-12-11-20(16-28-22)29-24(18-8-6-5-7-9-18)25-17(2)21-15-19(27)10-13-23(21)32-25/h10-13,15-16,18,24,29H,4-9,14H2,1-3H3. The fraction of sp³-hybridized carbons (Fsp3) is 0.462. The number of carbonyl (C=O) groups excluding carboxylic acids is 1. The second kappa shape index (κ2) is 9.72. The molecule has 1 fully saturated rings. The van der Waals surface area contributed by atoms with Gasteiger partial charge in [0.1, 0.15) is 22.9 Å². The lowest BCUT2D eigenvalue weighted by atomic mass is 9.82. The van der Waals surface area contributed by atoms with E-state index in [-0.39, 0.29) is 17.8 Å². The van der Waals surface area contributed by atoms with Crippen molar-refractivity contribution in [3.8, 4) is 0 Å². The maximum Gasteiger partial charge on any atom is 0.272 e. The zero-order chi connectivity index (χ0) is 22.7. The number of fused-ring (bicyclic) bond motifs is 1. The van der Waals surface area contributed by atoms with Gasteiger partial charge in [-0.15, -0.1) is 0 Å². The largest absolute Gasteiger partial charge is 0.459 e. The lowest BCUT2D eigenvalue weighted by molar-refractivity contribution is 0.0789.